The summed E-state index contributed by atoms with van der Waals surface area (Å²) >= 11 is 5.51. The number of aryl methyl sites for hydroxylation is 1. The van der Waals surface area contributed by atoms with Crippen LogP contribution in [0, 0.1) is 18.7 Å². The second-order valence-corrected chi connectivity index (χ2v) is 6.98. The van der Waals surface area contributed by atoms with E-state index in [0.29, 0.717) is 5.92 Å². The SMILES string of the molecule is Cc1cc(-c2c[nH]c3cc(F)ccc23)ccc1NC(=S)C1CCC1. The van der Waals surface area contributed by atoms with Crippen molar-refractivity contribution < 1.29 is 4.39 Å². The zero-order valence-corrected chi connectivity index (χ0v) is 14.3. The van der Waals surface area contributed by atoms with Gasteiger partial charge in [0.15, 0.2) is 0 Å². The average Bonchev–Trinajstić information content (AvgIpc) is 2.90. The van der Waals surface area contributed by atoms with E-state index in [1.807, 2.05) is 12.3 Å². The predicted molar refractivity (Wildman–Crippen MR) is 102 cm³/mol. The van der Waals surface area contributed by atoms with Crippen LogP contribution in [-0.2, 0) is 0 Å². The summed E-state index contributed by atoms with van der Waals surface area (Å²) < 4.78 is 13.3. The van der Waals surface area contributed by atoms with Crippen LogP contribution in [0.25, 0.3) is 22.0 Å². The molecule has 1 saturated carbocycles. The molecule has 0 spiro atoms. The van der Waals surface area contributed by atoms with Crippen molar-refractivity contribution in [3.63, 3.8) is 0 Å². The summed E-state index contributed by atoms with van der Waals surface area (Å²) in [6, 6.07) is 11.2. The fraction of sp³-hybridized carbons (Fsp3) is 0.250. The number of anilines is 1. The topological polar surface area (TPSA) is 27.8 Å². The van der Waals surface area contributed by atoms with Crippen molar-refractivity contribution >= 4 is 33.8 Å². The Bertz CT molecular complexity index is 925. The van der Waals surface area contributed by atoms with Gasteiger partial charge in [0.2, 0.25) is 0 Å². The molecule has 24 heavy (non-hydrogen) atoms. The second kappa shape index (κ2) is 6.02. The van der Waals surface area contributed by atoms with Crippen LogP contribution < -0.4 is 5.32 Å². The van der Waals surface area contributed by atoms with E-state index in [9.17, 15) is 4.39 Å². The summed E-state index contributed by atoms with van der Waals surface area (Å²) in [7, 11) is 0. The number of aromatic nitrogens is 1. The third-order valence-corrected chi connectivity index (χ3v) is 5.35. The van der Waals surface area contributed by atoms with Gasteiger partial charge in [0.25, 0.3) is 0 Å². The first-order chi connectivity index (χ1) is 11.6. The fourth-order valence-corrected chi connectivity index (χ4v) is 3.56. The molecule has 0 atom stereocenters. The van der Waals surface area contributed by atoms with E-state index in [2.05, 4.69) is 35.4 Å². The van der Waals surface area contributed by atoms with Gasteiger partial charge in [-0.05, 0) is 61.2 Å². The minimum absolute atomic E-state index is 0.226. The Labute approximate surface area is 146 Å². The van der Waals surface area contributed by atoms with Crippen LogP contribution in [0.1, 0.15) is 24.8 Å². The van der Waals surface area contributed by atoms with Gasteiger partial charge in [-0.3, -0.25) is 0 Å². The summed E-state index contributed by atoms with van der Waals surface area (Å²) in [5.41, 5.74) is 5.25. The van der Waals surface area contributed by atoms with Gasteiger partial charge in [-0.15, -0.1) is 0 Å². The summed E-state index contributed by atoms with van der Waals surface area (Å²) in [5.74, 6) is 0.318. The summed E-state index contributed by atoms with van der Waals surface area (Å²) in [6.07, 6.45) is 5.63. The fourth-order valence-electron chi connectivity index (χ4n) is 3.21. The van der Waals surface area contributed by atoms with Gasteiger partial charge in [0.05, 0.1) is 4.99 Å². The standard InChI is InChI=1S/C20H19FN2S/c1-12-9-14(5-8-18(12)23-20(24)13-3-2-4-13)17-11-22-19-10-15(21)6-7-16(17)19/h5-11,13,22H,2-4H2,1H3,(H,23,24). The molecule has 0 unspecified atom stereocenters. The maximum atomic E-state index is 13.3. The van der Waals surface area contributed by atoms with Crippen molar-refractivity contribution in [1.82, 2.24) is 4.98 Å². The predicted octanol–water partition coefficient (Wildman–Crippen LogP) is 5.82. The van der Waals surface area contributed by atoms with Crippen molar-refractivity contribution in [1.29, 1.82) is 0 Å². The van der Waals surface area contributed by atoms with E-state index in [0.717, 1.165) is 38.3 Å². The molecule has 1 aromatic heterocycles. The Morgan fingerprint density at radius 3 is 2.75 bits per heavy atom. The molecule has 0 saturated heterocycles. The first kappa shape index (κ1) is 15.3. The van der Waals surface area contributed by atoms with E-state index >= 15 is 0 Å². The Morgan fingerprint density at radius 2 is 2.04 bits per heavy atom. The molecule has 1 aliphatic carbocycles. The van der Waals surface area contributed by atoms with Gasteiger partial charge >= 0.3 is 0 Å². The number of halogens is 1. The lowest BCUT2D eigenvalue weighted by molar-refractivity contribution is 0.417. The minimum atomic E-state index is -0.226. The number of thiocarbonyl (C=S) groups is 1. The molecule has 1 fully saturated rings. The van der Waals surface area contributed by atoms with Crippen molar-refractivity contribution in [3.05, 3.63) is 54.0 Å². The van der Waals surface area contributed by atoms with Gasteiger partial charge < -0.3 is 10.3 Å². The third kappa shape index (κ3) is 2.71. The molecule has 122 valence electrons. The molecule has 1 heterocycles. The molecular weight excluding hydrogens is 319 g/mol. The lowest BCUT2D eigenvalue weighted by Crippen LogP contribution is -2.26. The zero-order chi connectivity index (χ0) is 16.7. The summed E-state index contributed by atoms with van der Waals surface area (Å²) in [5, 5.41) is 4.43. The Morgan fingerprint density at radius 1 is 1.21 bits per heavy atom. The number of nitrogens with one attached hydrogen (secondary N) is 2. The number of rotatable bonds is 3. The molecule has 0 amide bonds. The molecule has 2 N–H and O–H groups in total. The highest BCUT2D eigenvalue weighted by atomic mass is 32.1. The smallest absolute Gasteiger partial charge is 0.125 e. The van der Waals surface area contributed by atoms with Gasteiger partial charge in [-0.2, -0.15) is 0 Å². The van der Waals surface area contributed by atoms with Gasteiger partial charge in [-0.25, -0.2) is 4.39 Å². The van der Waals surface area contributed by atoms with Crippen LogP contribution in [-0.4, -0.2) is 9.97 Å². The lowest BCUT2D eigenvalue weighted by atomic mass is 9.85. The first-order valence-corrected chi connectivity index (χ1v) is 8.71. The molecular formula is C20H19FN2S. The van der Waals surface area contributed by atoms with Crippen LogP contribution in [0.5, 0.6) is 0 Å². The Kier molecular flexibility index (Phi) is 3.85. The van der Waals surface area contributed by atoms with Crippen LogP contribution in [0.4, 0.5) is 10.1 Å². The number of fused-ring (bicyclic) bond motifs is 1. The van der Waals surface area contributed by atoms with Crippen LogP contribution in [0.15, 0.2) is 42.6 Å². The molecule has 3 aromatic rings. The lowest BCUT2D eigenvalue weighted by Gasteiger charge is -2.27. The van der Waals surface area contributed by atoms with Gasteiger partial charge in [-0.1, -0.05) is 24.7 Å². The van der Waals surface area contributed by atoms with E-state index < -0.39 is 0 Å². The number of H-pyrrole nitrogens is 1. The molecule has 0 aliphatic heterocycles. The van der Waals surface area contributed by atoms with Crippen molar-refractivity contribution in [2.24, 2.45) is 5.92 Å². The number of hydrogen-bond acceptors (Lipinski definition) is 1. The van der Waals surface area contributed by atoms with Crippen LogP contribution >= 0.6 is 12.2 Å². The highest BCUT2D eigenvalue weighted by molar-refractivity contribution is 7.80. The maximum absolute atomic E-state index is 13.3. The van der Waals surface area contributed by atoms with E-state index in [1.54, 1.807) is 0 Å². The summed E-state index contributed by atoms with van der Waals surface area (Å²) in [6.45, 7) is 2.09. The highest BCUT2D eigenvalue weighted by Crippen LogP contribution is 2.33. The monoisotopic (exact) mass is 338 g/mol. The largest absolute Gasteiger partial charge is 0.360 e. The van der Waals surface area contributed by atoms with Crippen LogP contribution in [0.3, 0.4) is 0 Å². The summed E-state index contributed by atoms with van der Waals surface area (Å²) in [4.78, 5) is 4.11. The zero-order valence-electron chi connectivity index (χ0n) is 13.5. The normalized spacial score (nSPS) is 14.6. The third-order valence-electron chi connectivity index (χ3n) is 4.92. The first-order valence-electron chi connectivity index (χ1n) is 8.30. The van der Waals surface area contributed by atoms with E-state index in [1.165, 1.54) is 31.4 Å². The van der Waals surface area contributed by atoms with E-state index in [4.69, 9.17) is 12.2 Å². The molecule has 2 aromatic carbocycles. The van der Waals surface area contributed by atoms with Crippen LogP contribution in [0.2, 0.25) is 0 Å². The number of benzene rings is 2. The molecule has 0 radical (unpaired) electrons. The second-order valence-electron chi connectivity index (χ2n) is 6.54. The van der Waals surface area contributed by atoms with E-state index in [-0.39, 0.29) is 5.82 Å². The molecule has 1 aliphatic rings. The molecule has 4 rings (SSSR count). The molecule has 0 bridgehead atoms. The quantitative estimate of drug-likeness (QED) is 0.589. The maximum Gasteiger partial charge on any atom is 0.125 e. The Hall–Kier alpha value is -2.20. The number of hydrogen-bond donors (Lipinski definition) is 2. The molecule has 2 nitrogen and oxygen atoms in total. The highest BCUT2D eigenvalue weighted by Gasteiger charge is 2.22. The Balaban J connectivity index is 1.64. The van der Waals surface area contributed by atoms with Gasteiger partial charge in [0.1, 0.15) is 5.82 Å². The minimum Gasteiger partial charge on any atom is -0.360 e. The number of aromatic amines is 1. The van der Waals surface area contributed by atoms with Crippen molar-refractivity contribution in [3.8, 4) is 11.1 Å². The average molecular weight is 338 g/mol. The van der Waals surface area contributed by atoms with Gasteiger partial charge in [0, 0.05) is 34.3 Å². The van der Waals surface area contributed by atoms with Crippen molar-refractivity contribution in [2.45, 2.75) is 26.2 Å². The van der Waals surface area contributed by atoms with Crippen molar-refractivity contribution in [2.75, 3.05) is 5.32 Å². The molecule has 4 heteroatoms.